The van der Waals surface area contributed by atoms with Gasteiger partial charge < -0.3 is 15.2 Å². The summed E-state index contributed by atoms with van der Waals surface area (Å²) < 4.78 is 23.1. The van der Waals surface area contributed by atoms with Crippen molar-refractivity contribution in [3.63, 3.8) is 0 Å². The average molecular weight is 394 g/mol. The number of pyridine rings is 1. The largest absolute Gasteiger partial charge is 0.493 e. The second-order valence-electron chi connectivity index (χ2n) is 4.58. The van der Waals surface area contributed by atoms with Crippen LogP contribution in [0, 0.1) is 5.82 Å². The Morgan fingerprint density at radius 3 is 2.46 bits per heavy atom. The Hall–Kier alpha value is -1.76. The summed E-state index contributed by atoms with van der Waals surface area (Å²) in [5.74, 6) is -0.599. The number of halogens is 4. The molecule has 1 aromatic heterocycles. The van der Waals surface area contributed by atoms with Crippen LogP contribution in [0.25, 0.3) is 0 Å². The molecule has 5 nitrogen and oxygen atoms in total. The average Bonchev–Trinajstić information content (AvgIpc) is 2.57. The molecule has 0 aliphatic heterocycles. The Morgan fingerprint density at radius 1 is 1.12 bits per heavy atom. The number of rotatable bonds is 6. The maximum absolute atomic E-state index is 12.7. The number of nitrogens with zero attached hydrogens (tertiary/aromatic N) is 1. The first kappa shape index (κ1) is 18.6. The van der Waals surface area contributed by atoms with Gasteiger partial charge in [0.1, 0.15) is 16.6 Å². The highest BCUT2D eigenvalue weighted by Crippen LogP contribution is 2.34. The number of carbonyl (C=O) groups excluding carboxylic acids is 1. The summed E-state index contributed by atoms with van der Waals surface area (Å²) in [7, 11) is 0. The van der Waals surface area contributed by atoms with Crippen molar-refractivity contribution < 1.29 is 18.7 Å². The quantitative estimate of drug-likeness (QED) is 0.447. The van der Waals surface area contributed by atoms with E-state index in [2.05, 4.69) is 4.98 Å². The van der Waals surface area contributed by atoms with Gasteiger partial charge in [-0.2, -0.15) is 0 Å². The lowest BCUT2D eigenvalue weighted by Gasteiger charge is -2.10. The van der Waals surface area contributed by atoms with E-state index in [-0.39, 0.29) is 45.6 Å². The Labute approximate surface area is 152 Å². The van der Waals surface area contributed by atoms with Crippen molar-refractivity contribution in [2.45, 2.75) is 6.42 Å². The van der Waals surface area contributed by atoms with Gasteiger partial charge in [0, 0.05) is 6.42 Å². The molecule has 128 valence electrons. The molecule has 0 spiro atoms. The summed E-state index contributed by atoms with van der Waals surface area (Å²) in [6, 6.07) is 5.59. The van der Waals surface area contributed by atoms with Crippen molar-refractivity contribution in [3.8, 4) is 5.75 Å². The minimum absolute atomic E-state index is 0.0223. The Kier molecular flexibility index (Phi) is 6.48. The van der Waals surface area contributed by atoms with Gasteiger partial charge in [-0.1, -0.05) is 34.8 Å². The van der Waals surface area contributed by atoms with Crippen LogP contribution in [0.1, 0.15) is 16.9 Å². The standard InChI is InChI=1S/C15H12Cl3FN2O3/c16-10-12(20)11(17)14(18)21-13(10)15(22)24-7-1-6-23-9-4-2-8(19)3-5-9/h2-5H,1,6-7H2,(H2,20,21). The predicted octanol–water partition coefficient (Wildman–Crippen LogP) is 4.39. The van der Waals surface area contributed by atoms with Gasteiger partial charge in [0.25, 0.3) is 0 Å². The number of anilines is 1. The lowest BCUT2D eigenvalue weighted by atomic mass is 10.3. The monoisotopic (exact) mass is 392 g/mol. The van der Waals surface area contributed by atoms with E-state index in [1.54, 1.807) is 0 Å². The number of hydrogen-bond donors (Lipinski definition) is 1. The Bertz CT molecular complexity index is 742. The Morgan fingerprint density at radius 2 is 1.79 bits per heavy atom. The molecule has 2 aromatic rings. The zero-order valence-corrected chi connectivity index (χ0v) is 14.5. The van der Waals surface area contributed by atoms with Crippen LogP contribution in [0.4, 0.5) is 10.1 Å². The Balaban J connectivity index is 1.82. The first-order valence-electron chi connectivity index (χ1n) is 6.75. The van der Waals surface area contributed by atoms with Crippen LogP contribution in [-0.2, 0) is 4.74 Å². The van der Waals surface area contributed by atoms with Crippen LogP contribution < -0.4 is 10.5 Å². The second kappa shape index (κ2) is 8.37. The molecule has 1 aromatic carbocycles. The minimum atomic E-state index is -0.771. The van der Waals surface area contributed by atoms with E-state index in [1.165, 1.54) is 24.3 Å². The van der Waals surface area contributed by atoms with Crippen LogP contribution in [0.2, 0.25) is 15.2 Å². The number of carbonyl (C=O) groups is 1. The zero-order chi connectivity index (χ0) is 17.7. The predicted molar refractivity (Wildman–Crippen MR) is 90.5 cm³/mol. The van der Waals surface area contributed by atoms with Crippen molar-refractivity contribution in [1.82, 2.24) is 4.98 Å². The number of benzene rings is 1. The van der Waals surface area contributed by atoms with Gasteiger partial charge in [-0.3, -0.25) is 0 Å². The molecule has 0 amide bonds. The van der Waals surface area contributed by atoms with Gasteiger partial charge in [-0.05, 0) is 24.3 Å². The van der Waals surface area contributed by atoms with Gasteiger partial charge in [0.05, 0.1) is 23.9 Å². The first-order chi connectivity index (χ1) is 11.4. The lowest BCUT2D eigenvalue weighted by molar-refractivity contribution is 0.0479. The molecular formula is C15H12Cl3FN2O3. The molecule has 24 heavy (non-hydrogen) atoms. The summed E-state index contributed by atoms with van der Waals surface area (Å²) in [5.41, 5.74) is 5.39. The third-order valence-corrected chi connectivity index (χ3v) is 4.00. The number of aromatic nitrogens is 1. The van der Waals surface area contributed by atoms with Gasteiger partial charge in [0.15, 0.2) is 10.8 Å². The number of esters is 1. The zero-order valence-electron chi connectivity index (χ0n) is 12.2. The fraction of sp³-hybridized carbons (Fsp3) is 0.200. The fourth-order valence-electron chi connectivity index (χ4n) is 1.68. The molecule has 2 rings (SSSR count). The third kappa shape index (κ3) is 4.63. The van der Waals surface area contributed by atoms with Crippen LogP contribution in [0.3, 0.4) is 0 Å². The van der Waals surface area contributed by atoms with Gasteiger partial charge in [-0.25, -0.2) is 14.2 Å². The van der Waals surface area contributed by atoms with E-state index < -0.39 is 5.97 Å². The number of ether oxygens (including phenoxy) is 2. The summed E-state index contributed by atoms with van der Waals surface area (Å²) >= 11 is 17.5. The third-order valence-electron chi connectivity index (χ3n) is 2.87. The summed E-state index contributed by atoms with van der Waals surface area (Å²) in [4.78, 5) is 15.7. The molecule has 0 aliphatic rings. The number of hydrogen-bond acceptors (Lipinski definition) is 5. The summed E-state index contributed by atoms with van der Waals surface area (Å²) in [6.07, 6.45) is 0.414. The van der Waals surface area contributed by atoms with E-state index in [4.69, 9.17) is 50.0 Å². The summed E-state index contributed by atoms with van der Waals surface area (Å²) in [6.45, 7) is 0.349. The van der Waals surface area contributed by atoms with Crippen molar-refractivity contribution in [2.24, 2.45) is 0 Å². The van der Waals surface area contributed by atoms with E-state index in [0.717, 1.165) is 0 Å². The van der Waals surface area contributed by atoms with Crippen LogP contribution in [0.15, 0.2) is 24.3 Å². The molecule has 2 N–H and O–H groups in total. The van der Waals surface area contributed by atoms with E-state index in [0.29, 0.717) is 12.2 Å². The minimum Gasteiger partial charge on any atom is -0.493 e. The molecule has 0 saturated carbocycles. The van der Waals surface area contributed by atoms with Gasteiger partial charge >= 0.3 is 5.97 Å². The molecule has 1 heterocycles. The highest BCUT2D eigenvalue weighted by Gasteiger charge is 2.20. The molecule has 0 radical (unpaired) electrons. The van der Waals surface area contributed by atoms with Gasteiger partial charge in [0.2, 0.25) is 0 Å². The molecular weight excluding hydrogens is 382 g/mol. The van der Waals surface area contributed by atoms with Crippen LogP contribution in [0.5, 0.6) is 5.75 Å². The molecule has 0 atom stereocenters. The molecule has 9 heteroatoms. The molecule has 0 bridgehead atoms. The highest BCUT2D eigenvalue weighted by atomic mass is 35.5. The SMILES string of the molecule is Nc1c(Cl)c(Cl)nc(C(=O)OCCCOc2ccc(F)cc2)c1Cl. The van der Waals surface area contributed by atoms with Crippen molar-refractivity contribution in [1.29, 1.82) is 0 Å². The molecule has 0 aliphatic carbocycles. The molecule has 0 unspecified atom stereocenters. The number of nitrogen functional groups attached to an aromatic ring is 1. The van der Waals surface area contributed by atoms with Crippen molar-refractivity contribution in [3.05, 3.63) is 51.0 Å². The highest BCUT2D eigenvalue weighted by molar-refractivity contribution is 6.46. The van der Waals surface area contributed by atoms with E-state index >= 15 is 0 Å². The maximum atomic E-state index is 12.7. The van der Waals surface area contributed by atoms with Crippen molar-refractivity contribution >= 4 is 46.5 Å². The van der Waals surface area contributed by atoms with Gasteiger partial charge in [-0.15, -0.1) is 0 Å². The molecule has 0 saturated heterocycles. The summed E-state index contributed by atoms with van der Waals surface area (Å²) in [5, 5.41) is -0.270. The second-order valence-corrected chi connectivity index (χ2v) is 5.70. The fourth-order valence-corrected chi connectivity index (χ4v) is 2.26. The lowest BCUT2D eigenvalue weighted by Crippen LogP contribution is -2.12. The topological polar surface area (TPSA) is 74.4 Å². The van der Waals surface area contributed by atoms with E-state index in [1.807, 2.05) is 0 Å². The normalized spacial score (nSPS) is 10.5. The van der Waals surface area contributed by atoms with Crippen LogP contribution in [-0.4, -0.2) is 24.2 Å². The van der Waals surface area contributed by atoms with Crippen LogP contribution >= 0.6 is 34.8 Å². The molecule has 0 fully saturated rings. The number of nitrogens with two attached hydrogens (primary N) is 1. The maximum Gasteiger partial charge on any atom is 0.358 e. The first-order valence-corrected chi connectivity index (χ1v) is 7.89. The van der Waals surface area contributed by atoms with E-state index in [9.17, 15) is 9.18 Å². The smallest absolute Gasteiger partial charge is 0.358 e. The van der Waals surface area contributed by atoms with Crippen molar-refractivity contribution in [2.75, 3.05) is 18.9 Å².